The van der Waals surface area contributed by atoms with Crippen molar-refractivity contribution in [3.63, 3.8) is 0 Å². The van der Waals surface area contributed by atoms with E-state index in [0.717, 1.165) is 5.56 Å². The fraction of sp³-hybridized carbons (Fsp3) is 0.167. The van der Waals surface area contributed by atoms with Crippen LogP contribution in [0.15, 0.2) is 30.5 Å². The summed E-state index contributed by atoms with van der Waals surface area (Å²) in [6, 6.07) is 7.80. The number of H-pyrrole nitrogens is 1. The molecular formula is C12H12IN3O. The van der Waals surface area contributed by atoms with Gasteiger partial charge in [0, 0.05) is 16.3 Å². The molecule has 0 bridgehead atoms. The molecule has 0 aliphatic carbocycles. The van der Waals surface area contributed by atoms with Crippen molar-refractivity contribution in [2.75, 3.05) is 0 Å². The van der Waals surface area contributed by atoms with Gasteiger partial charge in [-0.3, -0.25) is 9.89 Å². The first kappa shape index (κ1) is 12.1. The Labute approximate surface area is 113 Å². The number of aromatic nitrogens is 2. The number of hydrogen-bond acceptors (Lipinski definition) is 2. The highest BCUT2D eigenvalue weighted by Crippen LogP contribution is 2.12. The molecule has 2 aromatic rings. The standard InChI is InChI=1S/C12H12IN3O/c1-8-6-10(13)3-2-9(8)7-14-12(17)11-4-5-15-16-11/h2-6H,7H2,1H3,(H,14,17)(H,15,16). The molecule has 0 fully saturated rings. The van der Waals surface area contributed by atoms with E-state index < -0.39 is 0 Å². The first-order valence-electron chi connectivity index (χ1n) is 5.20. The Hall–Kier alpha value is -1.37. The molecular weight excluding hydrogens is 329 g/mol. The van der Waals surface area contributed by atoms with Crippen LogP contribution in [0.25, 0.3) is 0 Å². The van der Waals surface area contributed by atoms with E-state index in [9.17, 15) is 4.79 Å². The van der Waals surface area contributed by atoms with Crippen LogP contribution in [0, 0.1) is 10.5 Å². The Balaban J connectivity index is 2.01. The summed E-state index contributed by atoms with van der Waals surface area (Å²) in [6.45, 7) is 2.56. The van der Waals surface area contributed by atoms with Gasteiger partial charge < -0.3 is 5.32 Å². The number of aromatic amines is 1. The molecule has 0 aliphatic heterocycles. The lowest BCUT2D eigenvalue weighted by Crippen LogP contribution is -2.23. The zero-order chi connectivity index (χ0) is 12.3. The number of aryl methyl sites for hydroxylation is 1. The highest BCUT2D eigenvalue weighted by molar-refractivity contribution is 14.1. The second kappa shape index (κ2) is 5.31. The highest BCUT2D eigenvalue weighted by Gasteiger charge is 2.07. The van der Waals surface area contributed by atoms with Gasteiger partial charge in [-0.2, -0.15) is 5.10 Å². The fourth-order valence-corrected chi connectivity index (χ4v) is 2.16. The topological polar surface area (TPSA) is 57.8 Å². The van der Waals surface area contributed by atoms with Crippen LogP contribution in [0.5, 0.6) is 0 Å². The van der Waals surface area contributed by atoms with Gasteiger partial charge in [0.1, 0.15) is 5.69 Å². The molecule has 0 spiro atoms. The van der Waals surface area contributed by atoms with Crippen molar-refractivity contribution in [3.8, 4) is 0 Å². The lowest BCUT2D eigenvalue weighted by molar-refractivity contribution is 0.0946. The lowest BCUT2D eigenvalue weighted by atomic mass is 10.1. The molecule has 2 N–H and O–H groups in total. The highest BCUT2D eigenvalue weighted by atomic mass is 127. The maximum absolute atomic E-state index is 11.7. The van der Waals surface area contributed by atoms with E-state index in [1.165, 1.54) is 9.13 Å². The van der Waals surface area contributed by atoms with Crippen molar-refractivity contribution >= 4 is 28.5 Å². The quantitative estimate of drug-likeness (QED) is 0.842. The second-order valence-corrected chi connectivity index (χ2v) is 4.96. The molecule has 5 heteroatoms. The Morgan fingerprint density at radius 3 is 2.94 bits per heavy atom. The van der Waals surface area contributed by atoms with Crippen LogP contribution in [0.2, 0.25) is 0 Å². The van der Waals surface area contributed by atoms with Gasteiger partial charge in [-0.25, -0.2) is 0 Å². The van der Waals surface area contributed by atoms with Gasteiger partial charge in [0.15, 0.2) is 0 Å². The smallest absolute Gasteiger partial charge is 0.272 e. The van der Waals surface area contributed by atoms with Crippen molar-refractivity contribution in [1.29, 1.82) is 0 Å². The maximum atomic E-state index is 11.7. The molecule has 0 atom stereocenters. The second-order valence-electron chi connectivity index (χ2n) is 3.71. The third-order valence-corrected chi connectivity index (χ3v) is 3.15. The van der Waals surface area contributed by atoms with Crippen molar-refractivity contribution in [1.82, 2.24) is 15.5 Å². The summed E-state index contributed by atoms with van der Waals surface area (Å²) in [5, 5.41) is 9.28. The first-order chi connectivity index (χ1) is 8.16. The Bertz CT molecular complexity index is 523. The summed E-state index contributed by atoms with van der Waals surface area (Å²) in [4.78, 5) is 11.7. The number of nitrogens with zero attached hydrogens (tertiary/aromatic N) is 1. The number of nitrogens with one attached hydrogen (secondary N) is 2. The van der Waals surface area contributed by atoms with E-state index in [1.54, 1.807) is 12.3 Å². The zero-order valence-corrected chi connectivity index (χ0v) is 11.5. The van der Waals surface area contributed by atoms with Crippen LogP contribution < -0.4 is 5.32 Å². The van der Waals surface area contributed by atoms with Gasteiger partial charge in [0.25, 0.3) is 5.91 Å². The summed E-state index contributed by atoms with van der Waals surface area (Å²) in [7, 11) is 0. The molecule has 0 saturated heterocycles. The normalized spacial score (nSPS) is 10.2. The summed E-state index contributed by atoms with van der Waals surface area (Å²) in [5.41, 5.74) is 2.71. The molecule has 1 heterocycles. The molecule has 1 aromatic carbocycles. The van der Waals surface area contributed by atoms with Gasteiger partial charge in [-0.1, -0.05) is 6.07 Å². The largest absolute Gasteiger partial charge is 0.347 e. The fourth-order valence-electron chi connectivity index (χ4n) is 1.51. The molecule has 17 heavy (non-hydrogen) atoms. The van der Waals surface area contributed by atoms with Crippen LogP contribution in [-0.2, 0) is 6.54 Å². The molecule has 88 valence electrons. The number of carbonyl (C=O) groups excluding carboxylic acids is 1. The van der Waals surface area contributed by atoms with Gasteiger partial charge in [0.05, 0.1) is 0 Å². The molecule has 4 nitrogen and oxygen atoms in total. The number of carbonyl (C=O) groups is 1. The molecule has 2 rings (SSSR count). The van der Waals surface area contributed by atoms with Crippen molar-refractivity contribution < 1.29 is 4.79 Å². The summed E-state index contributed by atoms with van der Waals surface area (Å²) in [5.74, 6) is -0.163. The summed E-state index contributed by atoms with van der Waals surface area (Å²) < 4.78 is 1.20. The lowest BCUT2D eigenvalue weighted by Gasteiger charge is -2.07. The van der Waals surface area contributed by atoms with Crippen molar-refractivity contribution in [2.24, 2.45) is 0 Å². The molecule has 1 amide bonds. The number of benzene rings is 1. The molecule has 1 aromatic heterocycles. The summed E-state index contributed by atoms with van der Waals surface area (Å²) >= 11 is 2.27. The van der Waals surface area contributed by atoms with E-state index in [2.05, 4.69) is 44.2 Å². The van der Waals surface area contributed by atoms with Crippen LogP contribution in [0.3, 0.4) is 0 Å². The van der Waals surface area contributed by atoms with Crippen molar-refractivity contribution in [3.05, 3.63) is 50.9 Å². The van der Waals surface area contributed by atoms with Gasteiger partial charge >= 0.3 is 0 Å². The number of hydrogen-bond donors (Lipinski definition) is 2. The third kappa shape index (κ3) is 3.06. The van der Waals surface area contributed by atoms with Crippen LogP contribution in [-0.4, -0.2) is 16.1 Å². The Morgan fingerprint density at radius 2 is 2.29 bits per heavy atom. The Morgan fingerprint density at radius 1 is 1.47 bits per heavy atom. The average molecular weight is 341 g/mol. The van der Waals surface area contributed by atoms with E-state index in [1.807, 2.05) is 19.1 Å². The zero-order valence-electron chi connectivity index (χ0n) is 9.33. The van der Waals surface area contributed by atoms with E-state index in [0.29, 0.717) is 12.2 Å². The van der Waals surface area contributed by atoms with E-state index in [-0.39, 0.29) is 5.91 Å². The van der Waals surface area contributed by atoms with Crippen LogP contribution in [0.1, 0.15) is 21.6 Å². The van der Waals surface area contributed by atoms with Crippen LogP contribution in [0.4, 0.5) is 0 Å². The van der Waals surface area contributed by atoms with Gasteiger partial charge in [0.2, 0.25) is 0 Å². The number of amides is 1. The van der Waals surface area contributed by atoms with Gasteiger partial charge in [-0.05, 0) is 58.8 Å². The monoisotopic (exact) mass is 341 g/mol. The molecule has 0 radical (unpaired) electrons. The predicted molar refractivity (Wildman–Crippen MR) is 73.7 cm³/mol. The van der Waals surface area contributed by atoms with Crippen molar-refractivity contribution in [2.45, 2.75) is 13.5 Å². The molecule has 0 unspecified atom stereocenters. The average Bonchev–Trinajstić information content (AvgIpc) is 2.81. The predicted octanol–water partition coefficient (Wildman–Crippen LogP) is 2.25. The summed E-state index contributed by atoms with van der Waals surface area (Å²) in [6.07, 6.45) is 1.63. The van der Waals surface area contributed by atoms with E-state index >= 15 is 0 Å². The van der Waals surface area contributed by atoms with E-state index in [4.69, 9.17) is 0 Å². The van der Waals surface area contributed by atoms with Gasteiger partial charge in [-0.15, -0.1) is 0 Å². The Kier molecular flexibility index (Phi) is 3.78. The minimum atomic E-state index is -0.163. The minimum Gasteiger partial charge on any atom is -0.347 e. The molecule has 0 aliphatic rings. The molecule has 0 saturated carbocycles. The maximum Gasteiger partial charge on any atom is 0.272 e. The SMILES string of the molecule is Cc1cc(I)ccc1CNC(=O)c1cc[nH]n1. The minimum absolute atomic E-state index is 0.163. The number of rotatable bonds is 3. The first-order valence-corrected chi connectivity index (χ1v) is 6.27. The van der Waals surface area contributed by atoms with Crippen LogP contribution >= 0.6 is 22.6 Å². The third-order valence-electron chi connectivity index (χ3n) is 2.48. The number of halogens is 1.